The second kappa shape index (κ2) is 4.04. The number of allylic oxidation sites excluding steroid dienone is 1. The van der Waals surface area contributed by atoms with Crippen LogP contribution in [-0.2, 0) is 11.2 Å². The zero-order valence-corrected chi connectivity index (χ0v) is 8.13. The summed E-state index contributed by atoms with van der Waals surface area (Å²) in [6.07, 6.45) is 1.47. The highest BCUT2D eigenvalue weighted by Crippen LogP contribution is 2.12. The Labute approximate surface area is 79.1 Å². The van der Waals surface area contributed by atoms with Gasteiger partial charge in [0.25, 0.3) is 0 Å². The van der Waals surface area contributed by atoms with E-state index in [4.69, 9.17) is 0 Å². The Balaban J connectivity index is 2.85. The highest BCUT2D eigenvalue weighted by Gasteiger charge is 1.98. The van der Waals surface area contributed by atoms with E-state index in [1.807, 2.05) is 6.07 Å². The molecule has 0 aliphatic rings. The SMILES string of the molecule is C=C(C=O)Cc1ccc(C)c(C)c1. The molecule has 0 radical (unpaired) electrons. The minimum atomic E-state index is 0.628. The van der Waals surface area contributed by atoms with Crippen LogP contribution in [0, 0.1) is 13.8 Å². The molecular weight excluding hydrogens is 160 g/mol. The number of hydrogen-bond donors (Lipinski definition) is 0. The molecule has 1 aromatic rings. The third-order valence-electron chi connectivity index (χ3n) is 2.17. The van der Waals surface area contributed by atoms with Gasteiger partial charge >= 0.3 is 0 Å². The van der Waals surface area contributed by atoms with Gasteiger partial charge in [-0.15, -0.1) is 0 Å². The zero-order chi connectivity index (χ0) is 9.84. The van der Waals surface area contributed by atoms with Gasteiger partial charge in [0.05, 0.1) is 0 Å². The van der Waals surface area contributed by atoms with Gasteiger partial charge in [-0.2, -0.15) is 0 Å². The summed E-state index contributed by atoms with van der Waals surface area (Å²) < 4.78 is 0. The summed E-state index contributed by atoms with van der Waals surface area (Å²) in [5, 5.41) is 0. The van der Waals surface area contributed by atoms with E-state index in [9.17, 15) is 4.79 Å². The molecule has 13 heavy (non-hydrogen) atoms. The molecule has 1 rings (SSSR count). The average molecular weight is 174 g/mol. The molecule has 0 saturated heterocycles. The maximum absolute atomic E-state index is 10.4. The van der Waals surface area contributed by atoms with Gasteiger partial charge in [-0.05, 0) is 36.1 Å². The molecule has 0 bridgehead atoms. The van der Waals surface area contributed by atoms with E-state index < -0.39 is 0 Å². The van der Waals surface area contributed by atoms with E-state index in [-0.39, 0.29) is 0 Å². The first-order valence-corrected chi connectivity index (χ1v) is 4.32. The smallest absolute Gasteiger partial charge is 0.145 e. The van der Waals surface area contributed by atoms with Gasteiger partial charge in [-0.1, -0.05) is 24.8 Å². The van der Waals surface area contributed by atoms with Crippen LogP contribution < -0.4 is 0 Å². The van der Waals surface area contributed by atoms with Gasteiger partial charge in [0.2, 0.25) is 0 Å². The largest absolute Gasteiger partial charge is 0.298 e. The molecule has 0 aromatic heterocycles. The van der Waals surface area contributed by atoms with Gasteiger partial charge in [-0.25, -0.2) is 0 Å². The molecule has 0 unspecified atom stereocenters. The lowest BCUT2D eigenvalue weighted by atomic mass is 10.0. The first kappa shape index (κ1) is 9.72. The van der Waals surface area contributed by atoms with E-state index in [0.29, 0.717) is 12.0 Å². The highest BCUT2D eigenvalue weighted by atomic mass is 16.1. The normalized spacial score (nSPS) is 9.69. The molecule has 0 heterocycles. The second-order valence-electron chi connectivity index (χ2n) is 3.37. The number of hydrogen-bond acceptors (Lipinski definition) is 1. The molecule has 1 heteroatoms. The monoisotopic (exact) mass is 174 g/mol. The van der Waals surface area contributed by atoms with E-state index >= 15 is 0 Å². The Bertz CT molecular complexity index is 337. The van der Waals surface area contributed by atoms with Gasteiger partial charge in [0.1, 0.15) is 6.29 Å². The molecular formula is C12H14O. The summed E-state index contributed by atoms with van der Waals surface area (Å²) in [4.78, 5) is 10.4. The van der Waals surface area contributed by atoms with Crippen molar-refractivity contribution in [1.82, 2.24) is 0 Å². The first-order valence-electron chi connectivity index (χ1n) is 4.32. The maximum Gasteiger partial charge on any atom is 0.145 e. The van der Waals surface area contributed by atoms with Gasteiger partial charge in [-0.3, -0.25) is 4.79 Å². The molecule has 1 nitrogen and oxygen atoms in total. The van der Waals surface area contributed by atoms with Gasteiger partial charge < -0.3 is 0 Å². The predicted molar refractivity (Wildman–Crippen MR) is 54.8 cm³/mol. The van der Waals surface area contributed by atoms with Crippen molar-refractivity contribution in [3.05, 3.63) is 47.0 Å². The standard InChI is InChI=1S/C12H14O/c1-9(8-13)6-12-5-4-10(2)11(3)7-12/h4-5,7-8H,1,6H2,2-3H3. The maximum atomic E-state index is 10.4. The fraction of sp³-hybridized carbons (Fsp3) is 0.250. The molecule has 1 aromatic carbocycles. The molecule has 0 amide bonds. The molecule has 0 aliphatic carbocycles. The molecule has 0 saturated carbocycles. The summed E-state index contributed by atoms with van der Waals surface area (Å²) in [6, 6.07) is 6.21. The summed E-state index contributed by atoms with van der Waals surface area (Å²) in [5.74, 6) is 0. The second-order valence-corrected chi connectivity index (χ2v) is 3.37. The zero-order valence-electron chi connectivity index (χ0n) is 8.13. The van der Waals surface area contributed by atoms with Crippen LogP contribution in [0.5, 0.6) is 0 Å². The number of aldehydes is 1. The first-order chi connectivity index (χ1) is 6.13. The molecule has 0 atom stereocenters. The lowest BCUT2D eigenvalue weighted by molar-refractivity contribution is -0.104. The lowest BCUT2D eigenvalue weighted by Crippen LogP contribution is -1.91. The Morgan fingerprint density at radius 1 is 1.38 bits per heavy atom. The van der Waals surface area contributed by atoms with Crippen molar-refractivity contribution >= 4 is 6.29 Å². The predicted octanol–water partition coefficient (Wildman–Crippen LogP) is 2.60. The van der Waals surface area contributed by atoms with Crippen LogP contribution in [0.1, 0.15) is 16.7 Å². The number of carbonyl (C=O) groups excluding carboxylic acids is 1. The number of benzene rings is 1. The molecule has 0 N–H and O–H groups in total. The van der Waals surface area contributed by atoms with Crippen LogP contribution >= 0.6 is 0 Å². The van der Waals surface area contributed by atoms with E-state index in [1.54, 1.807) is 0 Å². The van der Waals surface area contributed by atoms with Crippen LogP contribution in [0.4, 0.5) is 0 Å². The van der Waals surface area contributed by atoms with Gasteiger partial charge in [0.15, 0.2) is 0 Å². The fourth-order valence-electron chi connectivity index (χ4n) is 1.22. The van der Waals surface area contributed by atoms with Crippen molar-refractivity contribution in [3.8, 4) is 0 Å². The third kappa shape index (κ3) is 2.55. The number of aryl methyl sites for hydroxylation is 2. The van der Waals surface area contributed by atoms with Crippen LogP contribution in [-0.4, -0.2) is 6.29 Å². The summed E-state index contributed by atoms with van der Waals surface area (Å²) in [7, 11) is 0. The van der Waals surface area contributed by atoms with Crippen molar-refractivity contribution in [1.29, 1.82) is 0 Å². The molecule has 0 fully saturated rings. The average Bonchev–Trinajstić information content (AvgIpc) is 2.11. The molecule has 0 spiro atoms. The van der Waals surface area contributed by atoms with Crippen molar-refractivity contribution in [3.63, 3.8) is 0 Å². The van der Waals surface area contributed by atoms with Gasteiger partial charge in [0, 0.05) is 6.42 Å². The summed E-state index contributed by atoms with van der Waals surface area (Å²) >= 11 is 0. The number of rotatable bonds is 3. The molecule has 0 aliphatic heterocycles. The highest BCUT2D eigenvalue weighted by molar-refractivity contribution is 5.72. The van der Waals surface area contributed by atoms with Crippen LogP contribution in [0.2, 0.25) is 0 Å². The van der Waals surface area contributed by atoms with E-state index in [2.05, 4.69) is 32.6 Å². The lowest BCUT2D eigenvalue weighted by Gasteiger charge is -2.03. The topological polar surface area (TPSA) is 17.1 Å². The fourth-order valence-corrected chi connectivity index (χ4v) is 1.22. The Morgan fingerprint density at radius 3 is 2.62 bits per heavy atom. The van der Waals surface area contributed by atoms with E-state index in [0.717, 1.165) is 11.8 Å². The Morgan fingerprint density at radius 2 is 2.08 bits per heavy atom. The quantitative estimate of drug-likeness (QED) is 0.508. The van der Waals surface area contributed by atoms with Crippen molar-refractivity contribution in [2.24, 2.45) is 0 Å². The van der Waals surface area contributed by atoms with Crippen molar-refractivity contribution in [2.75, 3.05) is 0 Å². The third-order valence-corrected chi connectivity index (χ3v) is 2.17. The van der Waals surface area contributed by atoms with Crippen molar-refractivity contribution in [2.45, 2.75) is 20.3 Å². The minimum absolute atomic E-state index is 0.628. The summed E-state index contributed by atoms with van der Waals surface area (Å²) in [5.41, 5.74) is 4.32. The summed E-state index contributed by atoms with van der Waals surface area (Å²) in [6.45, 7) is 7.80. The Hall–Kier alpha value is -1.37. The van der Waals surface area contributed by atoms with E-state index in [1.165, 1.54) is 11.1 Å². The Kier molecular flexibility index (Phi) is 3.02. The van der Waals surface area contributed by atoms with Crippen LogP contribution in [0.15, 0.2) is 30.4 Å². The number of carbonyl (C=O) groups is 1. The van der Waals surface area contributed by atoms with Crippen LogP contribution in [0.25, 0.3) is 0 Å². The van der Waals surface area contributed by atoms with Crippen LogP contribution in [0.3, 0.4) is 0 Å². The minimum Gasteiger partial charge on any atom is -0.298 e. The van der Waals surface area contributed by atoms with Crippen molar-refractivity contribution < 1.29 is 4.79 Å². The molecule has 68 valence electrons.